The van der Waals surface area contributed by atoms with E-state index in [4.69, 9.17) is 11.6 Å². The smallest absolute Gasteiger partial charge is 0.0894 e. The van der Waals surface area contributed by atoms with Gasteiger partial charge in [0.25, 0.3) is 0 Å². The van der Waals surface area contributed by atoms with Crippen LogP contribution in [0.3, 0.4) is 0 Å². The summed E-state index contributed by atoms with van der Waals surface area (Å²) in [5.74, 6) is 6.39. The second-order valence-electron chi connectivity index (χ2n) is 3.71. The van der Waals surface area contributed by atoms with Crippen LogP contribution in [0, 0.1) is 0 Å². The fourth-order valence-corrected chi connectivity index (χ4v) is 3.15. The van der Waals surface area contributed by atoms with E-state index in [9.17, 15) is 5.11 Å². The van der Waals surface area contributed by atoms with Gasteiger partial charge < -0.3 is 10.8 Å². The third-order valence-electron chi connectivity index (χ3n) is 2.52. The first-order valence-electron chi connectivity index (χ1n) is 6.56. The van der Waals surface area contributed by atoms with E-state index in [1.807, 2.05) is 26.8 Å². The van der Waals surface area contributed by atoms with Gasteiger partial charge in [-0.25, -0.2) is 5.84 Å². The van der Waals surface area contributed by atoms with Gasteiger partial charge in [0.15, 0.2) is 0 Å². The molecule has 0 aromatic carbocycles. The number of pyridine rings is 1. The SMILES string of the molecule is CC.CCc1nc(/C(N)=C(\CO)N(N)CSI)ccc1Br. The number of hydrazine groups is 1. The highest BCUT2D eigenvalue weighted by atomic mass is 127. The Labute approximate surface area is 151 Å². The van der Waals surface area contributed by atoms with E-state index in [1.54, 1.807) is 6.07 Å². The third-order valence-corrected chi connectivity index (χ3v) is 4.46. The molecule has 0 aliphatic carbocycles. The Hall–Kier alpha value is -0.0300. The van der Waals surface area contributed by atoms with Gasteiger partial charge in [0, 0.05) is 4.47 Å². The van der Waals surface area contributed by atoms with Crippen molar-refractivity contribution in [3.63, 3.8) is 0 Å². The number of aromatic nitrogens is 1. The maximum Gasteiger partial charge on any atom is 0.0894 e. The van der Waals surface area contributed by atoms with Crippen LogP contribution in [0.25, 0.3) is 5.70 Å². The zero-order chi connectivity index (χ0) is 16.4. The Morgan fingerprint density at radius 1 is 1.48 bits per heavy atom. The van der Waals surface area contributed by atoms with E-state index in [1.165, 1.54) is 13.9 Å². The maximum atomic E-state index is 9.43. The molecule has 1 aromatic heterocycles. The molecule has 0 atom stereocenters. The second-order valence-corrected chi connectivity index (χ2v) is 6.90. The van der Waals surface area contributed by atoms with E-state index in [0.717, 1.165) is 16.6 Å². The molecule has 120 valence electrons. The highest BCUT2D eigenvalue weighted by Crippen LogP contribution is 2.21. The summed E-state index contributed by atoms with van der Waals surface area (Å²) >= 11 is 5.57. The number of aliphatic hydroxyl groups is 1. The lowest BCUT2D eigenvalue weighted by molar-refractivity contribution is 0.274. The minimum Gasteiger partial charge on any atom is -0.395 e. The minimum atomic E-state index is -0.223. The van der Waals surface area contributed by atoms with Crippen molar-refractivity contribution in [3.8, 4) is 0 Å². The number of aryl methyl sites for hydroxylation is 1. The minimum absolute atomic E-state index is 0.223. The van der Waals surface area contributed by atoms with Crippen molar-refractivity contribution in [1.29, 1.82) is 0 Å². The number of rotatable bonds is 6. The lowest BCUT2D eigenvalue weighted by Crippen LogP contribution is -2.33. The quantitative estimate of drug-likeness (QED) is 0.246. The fourth-order valence-electron chi connectivity index (χ4n) is 1.49. The Kier molecular flexibility index (Phi) is 11.5. The molecule has 0 spiro atoms. The van der Waals surface area contributed by atoms with Crippen molar-refractivity contribution in [3.05, 3.63) is 33.7 Å². The molecule has 21 heavy (non-hydrogen) atoms. The van der Waals surface area contributed by atoms with E-state index in [0.29, 0.717) is 23.0 Å². The molecule has 8 heteroatoms. The number of nitrogens with zero attached hydrogens (tertiary/aromatic N) is 2. The van der Waals surface area contributed by atoms with E-state index in [2.05, 4.69) is 42.1 Å². The molecule has 0 fully saturated rings. The van der Waals surface area contributed by atoms with Crippen molar-refractivity contribution in [2.45, 2.75) is 27.2 Å². The number of nitrogens with two attached hydrogens (primary N) is 2. The van der Waals surface area contributed by atoms with E-state index in [-0.39, 0.29) is 6.61 Å². The number of hydrogen-bond donors (Lipinski definition) is 3. The summed E-state index contributed by atoms with van der Waals surface area (Å²) in [7, 11) is 1.52. The maximum absolute atomic E-state index is 9.43. The van der Waals surface area contributed by atoms with Crippen molar-refractivity contribution in [2.24, 2.45) is 11.6 Å². The summed E-state index contributed by atoms with van der Waals surface area (Å²) < 4.78 is 0.949. The van der Waals surface area contributed by atoms with Gasteiger partial charge in [-0.3, -0.25) is 9.99 Å². The summed E-state index contributed by atoms with van der Waals surface area (Å²) in [5, 5.41) is 10.9. The number of halogens is 2. The number of hydrogen-bond acceptors (Lipinski definition) is 6. The highest BCUT2D eigenvalue weighted by molar-refractivity contribution is 14.2. The van der Waals surface area contributed by atoms with Gasteiger partial charge in [-0.15, -0.1) is 0 Å². The molecule has 0 unspecified atom stereocenters. The van der Waals surface area contributed by atoms with Crippen molar-refractivity contribution < 1.29 is 5.11 Å². The van der Waals surface area contributed by atoms with Crippen LogP contribution < -0.4 is 11.6 Å². The molecule has 0 amide bonds. The van der Waals surface area contributed by atoms with Crippen LogP contribution in [-0.4, -0.2) is 27.6 Å². The first kappa shape index (κ1) is 21.0. The first-order chi connectivity index (χ1) is 10.0. The Morgan fingerprint density at radius 2 is 2.10 bits per heavy atom. The van der Waals surface area contributed by atoms with Gasteiger partial charge in [-0.05, 0) is 55.7 Å². The molecular formula is C13H22BrIN4OS. The average Bonchev–Trinajstić information content (AvgIpc) is 2.50. The van der Waals surface area contributed by atoms with E-state index < -0.39 is 0 Å². The predicted octanol–water partition coefficient (Wildman–Crippen LogP) is 3.27. The molecule has 1 heterocycles. The molecular weight excluding hydrogens is 467 g/mol. The highest BCUT2D eigenvalue weighted by Gasteiger charge is 2.13. The largest absolute Gasteiger partial charge is 0.395 e. The van der Waals surface area contributed by atoms with Gasteiger partial charge in [0.05, 0.1) is 35.3 Å². The summed E-state index contributed by atoms with van der Waals surface area (Å²) in [6, 6.07) is 3.70. The van der Waals surface area contributed by atoms with Gasteiger partial charge in [-0.1, -0.05) is 29.7 Å². The molecule has 0 saturated carbocycles. The summed E-state index contributed by atoms with van der Waals surface area (Å²) in [4.78, 5) is 4.47. The molecule has 0 saturated heterocycles. The molecule has 1 rings (SSSR count). The van der Waals surface area contributed by atoms with Crippen LogP contribution in [0.15, 0.2) is 22.3 Å². The molecule has 5 N–H and O–H groups in total. The van der Waals surface area contributed by atoms with Crippen LogP contribution in [0.2, 0.25) is 0 Å². The summed E-state index contributed by atoms with van der Waals surface area (Å²) in [6.07, 6.45) is 0.798. The summed E-state index contributed by atoms with van der Waals surface area (Å²) in [6.45, 7) is 5.80. The van der Waals surface area contributed by atoms with Gasteiger partial charge in [0.1, 0.15) is 0 Å². The zero-order valence-electron chi connectivity index (χ0n) is 12.4. The summed E-state index contributed by atoms with van der Waals surface area (Å²) in [5.41, 5.74) is 8.48. The average molecular weight is 489 g/mol. The third kappa shape index (κ3) is 6.31. The standard InChI is InChI=1S/C11H16BrIN4OS.C2H6/c1-2-8-7(12)3-4-9(16-8)11(14)10(5-18)17(15)6-19-13;1-2/h3-4,18H,2,5-6,14-15H2,1H3;1-2H3/b11-10-;. The topological polar surface area (TPSA) is 88.4 Å². The van der Waals surface area contributed by atoms with Crippen LogP contribution in [0.1, 0.15) is 32.2 Å². The molecule has 1 aromatic rings. The van der Waals surface area contributed by atoms with Gasteiger partial charge >= 0.3 is 0 Å². The molecule has 0 bridgehead atoms. The Balaban J connectivity index is 0.00000191. The Bertz CT molecular complexity index is 473. The van der Waals surface area contributed by atoms with Crippen molar-refractivity contribution >= 4 is 51.8 Å². The van der Waals surface area contributed by atoms with Crippen LogP contribution >= 0.6 is 46.1 Å². The molecule has 0 aliphatic heterocycles. The normalized spacial score (nSPS) is 11.4. The lowest BCUT2D eigenvalue weighted by Gasteiger charge is -2.21. The van der Waals surface area contributed by atoms with E-state index >= 15 is 0 Å². The van der Waals surface area contributed by atoms with Crippen LogP contribution in [0.5, 0.6) is 0 Å². The van der Waals surface area contributed by atoms with Crippen molar-refractivity contribution in [2.75, 3.05) is 12.5 Å². The zero-order valence-corrected chi connectivity index (χ0v) is 17.0. The molecule has 5 nitrogen and oxygen atoms in total. The Morgan fingerprint density at radius 3 is 2.57 bits per heavy atom. The fraction of sp³-hybridized carbons (Fsp3) is 0.462. The first-order valence-corrected chi connectivity index (χ1v) is 10.9. The van der Waals surface area contributed by atoms with Gasteiger partial charge in [0.2, 0.25) is 0 Å². The predicted molar refractivity (Wildman–Crippen MR) is 103 cm³/mol. The lowest BCUT2D eigenvalue weighted by atomic mass is 10.2. The second kappa shape index (κ2) is 11.5. The monoisotopic (exact) mass is 488 g/mol. The van der Waals surface area contributed by atoms with Crippen molar-refractivity contribution in [1.82, 2.24) is 9.99 Å². The van der Waals surface area contributed by atoms with Gasteiger partial charge in [-0.2, -0.15) is 0 Å². The molecule has 0 aliphatic rings. The van der Waals surface area contributed by atoms with Crippen LogP contribution in [0.4, 0.5) is 0 Å². The molecule has 0 radical (unpaired) electrons. The van der Waals surface area contributed by atoms with Crippen LogP contribution in [-0.2, 0) is 6.42 Å². The number of aliphatic hydroxyl groups excluding tert-OH is 1.